The predicted molar refractivity (Wildman–Crippen MR) is 62.3 cm³/mol. The summed E-state index contributed by atoms with van der Waals surface area (Å²) in [6, 6.07) is 3.49. The van der Waals surface area contributed by atoms with Gasteiger partial charge in [-0.25, -0.2) is 0 Å². The summed E-state index contributed by atoms with van der Waals surface area (Å²) in [6.45, 7) is 2.07. The summed E-state index contributed by atoms with van der Waals surface area (Å²) in [5.41, 5.74) is 7.50. The lowest BCUT2D eigenvalue weighted by Crippen LogP contribution is -2.19. The van der Waals surface area contributed by atoms with E-state index in [4.69, 9.17) is 28.9 Å². The van der Waals surface area contributed by atoms with E-state index in [-0.39, 0.29) is 0 Å². The van der Waals surface area contributed by atoms with Gasteiger partial charge in [-0.3, -0.25) is 0 Å². The number of nitrogens with zero attached hydrogens (tertiary/aromatic N) is 1. The molecule has 0 aliphatic carbocycles. The number of anilines is 2. The topological polar surface area (TPSA) is 29.3 Å². The van der Waals surface area contributed by atoms with Crippen LogP contribution in [-0.2, 0) is 0 Å². The van der Waals surface area contributed by atoms with E-state index in [1.54, 1.807) is 12.1 Å². The Morgan fingerprint density at radius 2 is 1.79 bits per heavy atom. The molecule has 0 unspecified atom stereocenters. The molecule has 1 aliphatic rings. The zero-order valence-corrected chi connectivity index (χ0v) is 9.28. The van der Waals surface area contributed by atoms with Crippen molar-refractivity contribution >= 4 is 34.6 Å². The SMILES string of the molecule is Nc1cc(Cl)cc(Cl)c1N1CCCC1. The fourth-order valence-corrected chi connectivity index (χ4v) is 2.49. The van der Waals surface area contributed by atoms with E-state index in [2.05, 4.69) is 4.90 Å². The number of nitrogen functional groups attached to an aromatic ring is 1. The lowest BCUT2D eigenvalue weighted by Gasteiger charge is -2.21. The van der Waals surface area contributed by atoms with Crippen molar-refractivity contribution in [2.24, 2.45) is 0 Å². The first kappa shape index (κ1) is 9.94. The highest BCUT2D eigenvalue weighted by Crippen LogP contribution is 2.36. The van der Waals surface area contributed by atoms with Gasteiger partial charge in [0.2, 0.25) is 0 Å². The number of nitrogens with two attached hydrogens (primary N) is 1. The van der Waals surface area contributed by atoms with Gasteiger partial charge in [-0.1, -0.05) is 23.2 Å². The van der Waals surface area contributed by atoms with Crippen LogP contribution in [0.3, 0.4) is 0 Å². The van der Waals surface area contributed by atoms with Crippen LogP contribution >= 0.6 is 23.2 Å². The van der Waals surface area contributed by atoms with Gasteiger partial charge in [-0.15, -0.1) is 0 Å². The van der Waals surface area contributed by atoms with E-state index in [9.17, 15) is 0 Å². The number of halogens is 2. The van der Waals surface area contributed by atoms with Crippen molar-refractivity contribution in [1.29, 1.82) is 0 Å². The van der Waals surface area contributed by atoms with Crippen LogP contribution in [0.4, 0.5) is 11.4 Å². The predicted octanol–water partition coefficient (Wildman–Crippen LogP) is 3.18. The highest BCUT2D eigenvalue weighted by Gasteiger charge is 2.18. The Morgan fingerprint density at radius 1 is 1.14 bits per heavy atom. The van der Waals surface area contributed by atoms with Gasteiger partial charge in [-0.05, 0) is 25.0 Å². The Labute approximate surface area is 93.6 Å². The zero-order valence-electron chi connectivity index (χ0n) is 7.76. The lowest BCUT2D eigenvalue weighted by atomic mass is 10.2. The third-order valence-corrected chi connectivity index (χ3v) is 2.99. The molecule has 1 saturated heterocycles. The first-order valence-electron chi connectivity index (χ1n) is 4.68. The molecule has 0 amide bonds. The minimum absolute atomic E-state index is 0.593. The Balaban J connectivity index is 2.40. The molecule has 76 valence electrons. The van der Waals surface area contributed by atoms with Crippen molar-refractivity contribution < 1.29 is 0 Å². The minimum atomic E-state index is 0.593. The molecule has 1 aromatic rings. The highest BCUT2D eigenvalue weighted by atomic mass is 35.5. The summed E-state index contributed by atoms with van der Waals surface area (Å²) in [4.78, 5) is 2.22. The maximum absolute atomic E-state index is 6.11. The van der Waals surface area contributed by atoms with E-state index in [0.29, 0.717) is 15.7 Å². The second-order valence-electron chi connectivity index (χ2n) is 3.52. The third-order valence-electron chi connectivity index (χ3n) is 2.48. The third kappa shape index (κ3) is 1.77. The molecule has 1 heterocycles. The number of hydrogen-bond acceptors (Lipinski definition) is 2. The normalized spacial score (nSPS) is 16.3. The molecule has 0 aromatic heterocycles. The number of benzene rings is 1. The standard InChI is InChI=1S/C10H12Cl2N2/c11-7-5-8(12)10(9(13)6-7)14-3-1-2-4-14/h5-6H,1-4,13H2. The summed E-state index contributed by atoms with van der Waals surface area (Å²) < 4.78 is 0. The maximum Gasteiger partial charge on any atom is 0.0790 e. The van der Waals surface area contributed by atoms with E-state index >= 15 is 0 Å². The second kappa shape index (κ2) is 3.87. The fraction of sp³-hybridized carbons (Fsp3) is 0.400. The van der Waals surface area contributed by atoms with Crippen LogP contribution in [0.25, 0.3) is 0 Å². The molecule has 4 heteroatoms. The van der Waals surface area contributed by atoms with Gasteiger partial charge in [0.1, 0.15) is 0 Å². The van der Waals surface area contributed by atoms with Crippen molar-refractivity contribution in [1.82, 2.24) is 0 Å². The molecule has 2 rings (SSSR count). The smallest absolute Gasteiger partial charge is 0.0790 e. The maximum atomic E-state index is 6.11. The Morgan fingerprint density at radius 3 is 2.36 bits per heavy atom. The molecule has 0 atom stereocenters. The number of hydrogen-bond donors (Lipinski definition) is 1. The largest absolute Gasteiger partial charge is 0.397 e. The summed E-state index contributed by atoms with van der Waals surface area (Å²) in [5, 5.41) is 1.24. The first-order chi connectivity index (χ1) is 6.68. The molecule has 0 radical (unpaired) electrons. The number of rotatable bonds is 1. The van der Waals surface area contributed by atoms with E-state index < -0.39 is 0 Å². The quantitative estimate of drug-likeness (QED) is 0.752. The van der Waals surface area contributed by atoms with E-state index in [1.165, 1.54) is 12.8 Å². The summed E-state index contributed by atoms with van der Waals surface area (Å²) in [7, 11) is 0. The average molecular weight is 231 g/mol. The summed E-state index contributed by atoms with van der Waals surface area (Å²) in [6.07, 6.45) is 2.41. The van der Waals surface area contributed by atoms with Gasteiger partial charge in [0.05, 0.1) is 16.4 Å². The van der Waals surface area contributed by atoms with Crippen molar-refractivity contribution in [3.63, 3.8) is 0 Å². The Kier molecular flexibility index (Phi) is 2.75. The van der Waals surface area contributed by atoms with Gasteiger partial charge >= 0.3 is 0 Å². The molecule has 0 saturated carbocycles. The van der Waals surface area contributed by atoms with Crippen molar-refractivity contribution in [3.05, 3.63) is 22.2 Å². The van der Waals surface area contributed by atoms with Crippen LogP contribution in [0.1, 0.15) is 12.8 Å². The molecule has 14 heavy (non-hydrogen) atoms. The molecule has 0 bridgehead atoms. The van der Waals surface area contributed by atoms with Crippen LogP contribution in [0.15, 0.2) is 12.1 Å². The van der Waals surface area contributed by atoms with Crippen LogP contribution in [0, 0.1) is 0 Å². The van der Waals surface area contributed by atoms with Crippen molar-refractivity contribution in [2.75, 3.05) is 23.7 Å². The van der Waals surface area contributed by atoms with Gasteiger partial charge in [-0.2, -0.15) is 0 Å². The molecule has 1 aliphatic heterocycles. The van der Waals surface area contributed by atoms with Gasteiger partial charge < -0.3 is 10.6 Å². The van der Waals surface area contributed by atoms with Crippen LogP contribution in [0.5, 0.6) is 0 Å². The second-order valence-corrected chi connectivity index (χ2v) is 4.36. The highest BCUT2D eigenvalue weighted by molar-refractivity contribution is 6.37. The molecule has 2 nitrogen and oxygen atoms in total. The molecule has 2 N–H and O–H groups in total. The van der Waals surface area contributed by atoms with Gasteiger partial charge in [0, 0.05) is 18.1 Å². The van der Waals surface area contributed by atoms with Crippen LogP contribution in [-0.4, -0.2) is 13.1 Å². The fourth-order valence-electron chi connectivity index (χ4n) is 1.86. The summed E-state index contributed by atoms with van der Waals surface area (Å²) >= 11 is 12.0. The molecular weight excluding hydrogens is 219 g/mol. The zero-order chi connectivity index (χ0) is 10.1. The minimum Gasteiger partial charge on any atom is -0.397 e. The monoisotopic (exact) mass is 230 g/mol. The van der Waals surface area contributed by atoms with Crippen molar-refractivity contribution in [3.8, 4) is 0 Å². The van der Waals surface area contributed by atoms with Crippen LogP contribution < -0.4 is 10.6 Å². The van der Waals surface area contributed by atoms with Gasteiger partial charge in [0.15, 0.2) is 0 Å². The molecular formula is C10H12Cl2N2. The summed E-state index contributed by atoms with van der Waals surface area (Å²) in [5.74, 6) is 0. The lowest BCUT2D eigenvalue weighted by molar-refractivity contribution is 0.949. The van der Waals surface area contributed by atoms with Crippen LogP contribution in [0.2, 0.25) is 10.0 Å². The molecule has 1 aromatic carbocycles. The van der Waals surface area contributed by atoms with Crippen molar-refractivity contribution in [2.45, 2.75) is 12.8 Å². The van der Waals surface area contributed by atoms with E-state index in [1.807, 2.05) is 0 Å². The Hall–Kier alpha value is -0.600. The van der Waals surface area contributed by atoms with Gasteiger partial charge in [0.25, 0.3) is 0 Å². The molecule has 1 fully saturated rings. The Bertz CT molecular complexity index is 323. The van der Waals surface area contributed by atoms with E-state index in [0.717, 1.165) is 18.8 Å². The molecule has 0 spiro atoms. The average Bonchev–Trinajstić information content (AvgIpc) is 2.54. The first-order valence-corrected chi connectivity index (χ1v) is 5.43.